The maximum atomic E-state index is 12.5. The lowest BCUT2D eigenvalue weighted by atomic mass is 10.1. The Labute approximate surface area is 208 Å². The van der Waals surface area contributed by atoms with Crippen LogP contribution in [0, 0.1) is 0 Å². The van der Waals surface area contributed by atoms with Crippen molar-refractivity contribution in [3.05, 3.63) is 69.3 Å². The van der Waals surface area contributed by atoms with Gasteiger partial charge in [-0.15, -0.1) is 24.5 Å². The molecule has 0 aliphatic heterocycles. The summed E-state index contributed by atoms with van der Waals surface area (Å²) in [5.74, 6) is -0.309. The van der Waals surface area contributed by atoms with Crippen molar-refractivity contribution in [1.82, 2.24) is 9.47 Å². The summed E-state index contributed by atoms with van der Waals surface area (Å²) in [6.07, 6.45) is -4.24. The van der Waals surface area contributed by atoms with Gasteiger partial charge in [-0.25, -0.2) is 4.79 Å². The minimum absolute atomic E-state index is 0.130. The van der Waals surface area contributed by atoms with Crippen molar-refractivity contribution in [3.8, 4) is 17.0 Å². The number of nitrogens with two attached hydrogens (primary N) is 1. The van der Waals surface area contributed by atoms with E-state index in [0.717, 1.165) is 11.3 Å². The third-order valence-corrected chi connectivity index (χ3v) is 6.14. The molecule has 2 amide bonds. The Morgan fingerprint density at radius 3 is 2.43 bits per heavy atom. The van der Waals surface area contributed by atoms with Crippen molar-refractivity contribution < 1.29 is 27.8 Å². The molecule has 3 aromatic rings. The fraction of sp³-hybridized carbons (Fsp3) is 0.304. The van der Waals surface area contributed by atoms with Crippen molar-refractivity contribution >= 4 is 29.0 Å². The number of carbonyl (C=O) groups excluding carboxylic acids is 1. The van der Waals surface area contributed by atoms with Crippen molar-refractivity contribution in [1.29, 1.82) is 0 Å². The number of halogens is 4. The molecule has 0 aliphatic carbocycles. The number of nitrogens with zero attached hydrogens (tertiary/aromatic N) is 3. The van der Waals surface area contributed by atoms with E-state index >= 15 is 0 Å². The van der Waals surface area contributed by atoms with E-state index in [0.29, 0.717) is 41.4 Å². The standard InChI is InChI=1S/C23H24ClF3N4O3S/c24-18-6-2-16(3-7-18)14-29-22-31(11-1-10-30(12-13-32)21(28)33)20(15-35-22)17-4-8-19(9-5-17)34-23(25,26)27/h2-9,15,32H,1,10-14H2,(H2,28,33)/b29-22-. The normalized spacial score (nSPS) is 12.1. The highest BCUT2D eigenvalue weighted by Crippen LogP contribution is 2.27. The molecule has 12 heteroatoms. The van der Waals surface area contributed by atoms with Gasteiger partial charge >= 0.3 is 12.4 Å². The van der Waals surface area contributed by atoms with Crippen LogP contribution in [-0.2, 0) is 13.1 Å². The molecule has 0 radical (unpaired) electrons. The van der Waals surface area contributed by atoms with Gasteiger partial charge in [-0.2, -0.15) is 0 Å². The number of aliphatic hydroxyl groups excluding tert-OH is 1. The second-order valence-electron chi connectivity index (χ2n) is 7.47. The van der Waals surface area contributed by atoms with Gasteiger partial charge in [0.25, 0.3) is 0 Å². The second-order valence-corrected chi connectivity index (χ2v) is 8.75. The number of carbonyl (C=O) groups is 1. The molecule has 0 fully saturated rings. The Balaban J connectivity index is 1.87. The van der Waals surface area contributed by atoms with E-state index < -0.39 is 12.4 Å². The lowest BCUT2D eigenvalue weighted by Crippen LogP contribution is -2.39. The van der Waals surface area contributed by atoms with Crippen LogP contribution in [-0.4, -0.2) is 46.7 Å². The number of aromatic nitrogens is 1. The average molecular weight is 529 g/mol. The third-order valence-electron chi connectivity index (χ3n) is 4.98. The Hall–Kier alpha value is -3.02. The van der Waals surface area contributed by atoms with Crippen LogP contribution in [0.3, 0.4) is 0 Å². The van der Waals surface area contributed by atoms with Crippen molar-refractivity contribution in [2.24, 2.45) is 10.7 Å². The van der Waals surface area contributed by atoms with E-state index in [1.807, 2.05) is 22.1 Å². The SMILES string of the molecule is NC(=O)N(CCO)CCCn1c(-c2ccc(OC(F)(F)F)cc2)cs/c1=N\Cc1ccc(Cl)cc1. The van der Waals surface area contributed by atoms with Gasteiger partial charge in [0.2, 0.25) is 0 Å². The zero-order chi connectivity index (χ0) is 25.4. The molecule has 0 atom stereocenters. The molecule has 3 rings (SSSR count). The van der Waals surface area contributed by atoms with Crippen LogP contribution in [0.5, 0.6) is 5.75 Å². The van der Waals surface area contributed by atoms with Crippen molar-refractivity contribution in [2.75, 3.05) is 19.7 Å². The van der Waals surface area contributed by atoms with Gasteiger partial charge in [0.1, 0.15) is 5.75 Å². The monoisotopic (exact) mass is 528 g/mol. The Morgan fingerprint density at radius 2 is 1.83 bits per heavy atom. The number of hydrogen-bond donors (Lipinski definition) is 2. The van der Waals surface area contributed by atoms with Gasteiger partial charge in [-0.1, -0.05) is 23.7 Å². The predicted molar refractivity (Wildman–Crippen MR) is 128 cm³/mol. The quantitative estimate of drug-likeness (QED) is 0.402. The number of amides is 2. The van der Waals surface area contributed by atoms with Crippen LogP contribution < -0.4 is 15.3 Å². The zero-order valence-corrected chi connectivity index (χ0v) is 20.1. The van der Waals surface area contributed by atoms with E-state index in [-0.39, 0.29) is 18.9 Å². The Kier molecular flexibility index (Phi) is 9.19. The molecule has 0 bridgehead atoms. The van der Waals surface area contributed by atoms with Gasteiger partial charge in [-0.05, 0) is 53.9 Å². The largest absolute Gasteiger partial charge is 0.573 e. The van der Waals surface area contributed by atoms with E-state index in [1.54, 1.807) is 24.3 Å². The molecule has 0 spiro atoms. The van der Waals surface area contributed by atoms with Crippen molar-refractivity contribution in [2.45, 2.75) is 25.9 Å². The molecule has 7 nitrogen and oxygen atoms in total. The number of ether oxygens (including phenoxy) is 1. The second kappa shape index (κ2) is 12.1. The highest BCUT2D eigenvalue weighted by atomic mass is 35.5. The zero-order valence-electron chi connectivity index (χ0n) is 18.5. The molecule has 35 heavy (non-hydrogen) atoms. The maximum absolute atomic E-state index is 12.5. The summed E-state index contributed by atoms with van der Waals surface area (Å²) in [6.45, 7) is 1.13. The van der Waals surface area contributed by atoms with Gasteiger partial charge in [0.05, 0.1) is 18.8 Å². The third kappa shape index (κ3) is 8.01. The Bertz CT molecular complexity index is 1180. The molecular formula is C23H24ClF3N4O3S. The molecular weight excluding hydrogens is 505 g/mol. The molecule has 0 saturated carbocycles. The van der Waals surface area contributed by atoms with Gasteiger partial charge in [-0.3, -0.25) is 4.99 Å². The number of urea groups is 1. The number of rotatable bonds is 10. The number of hydrogen-bond acceptors (Lipinski definition) is 5. The van der Waals surface area contributed by atoms with Crippen LogP contribution in [0.2, 0.25) is 5.02 Å². The van der Waals surface area contributed by atoms with Gasteiger partial charge < -0.3 is 25.0 Å². The molecule has 1 aromatic heterocycles. The number of benzene rings is 2. The summed E-state index contributed by atoms with van der Waals surface area (Å²) < 4.78 is 43.4. The fourth-order valence-corrected chi connectivity index (χ4v) is 4.41. The first-order valence-electron chi connectivity index (χ1n) is 10.6. The number of primary amides is 1. The predicted octanol–water partition coefficient (Wildman–Crippen LogP) is 4.63. The average Bonchev–Trinajstić information content (AvgIpc) is 3.20. The fourth-order valence-electron chi connectivity index (χ4n) is 3.35. The molecule has 2 aromatic carbocycles. The molecule has 1 heterocycles. The highest BCUT2D eigenvalue weighted by molar-refractivity contribution is 7.07. The van der Waals surface area contributed by atoms with Crippen LogP contribution in [0.1, 0.15) is 12.0 Å². The van der Waals surface area contributed by atoms with E-state index in [4.69, 9.17) is 27.4 Å². The lowest BCUT2D eigenvalue weighted by molar-refractivity contribution is -0.274. The topological polar surface area (TPSA) is 93.1 Å². The summed E-state index contributed by atoms with van der Waals surface area (Å²) >= 11 is 7.34. The smallest absolute Gasteiger partial charge is 0.406 e. The first-order valence-corrected chi connectivity index (χ1v) is 11.9. The number of alkyl halides is 3. The van der Waals surface area contributed by atoms with E-state index in [9.17, 15) is 18.0 Å². The molecule has 188 valence electrons. The molecule has 0 saturated heterocycles. The lowest BCUT2D eigenvalue weighted by Gasteiger charge is -2.19. The maximum Gasteiger partial charge on any atom is 0.573 e. The summed E-state index contributed by atoms with van der Waals surface area (Å²) in [4.78, 5) is 18.3. The molecule has 0 unspecified atom stereocenters. The minimum Gasteiger partial charge on any atom is -0.406 e. The minimum atomic E-state index is -4.77. The van der Waals surface area contributed by atoms with Gasteiger partial charge in [0.15, 0.2) is 4.80 Å². The summed E-state index contributed by atoms with van der Waals surface area (Å²) in [6, 6.07) is 12.3. The van der Waals surface area contributed by atoms with E-state index in [1.165, 1.54) is 28.4 Å². The first kappa shape index (κ1) is 26.6. The van der Waals surface area contributed by atoms with Gasteiger partial charge in [0, 0.05) is 30.0 Å². The van der Waals surface area contributed by atoms with Crippen LogP contribution in [0.4, 0.5) is 18.0 Å². The number of aliphatic hydroxyl groups is 1. The van der Waals surface area contributed by atoms with E-state index in [2.05, 4.69) is 4.74 Å². The van der Waals surface area contributed by atoms with Crippen LogP contribution in [0.25, 0.3) is 11.3 Å². The highest BCUT2D eigenvalue weighted by Gasteiger charge is 2.31. The summed E-state index contributed by atoms with van der Waals surface area (Å²) in [5.41, 5.74) is 7.78. The molecule has 0 aliphatic rings. The molecule has 3 N–H and O–H groups in total. The Morgan fingerprint density at radius 1 is 1.14 bits per heavy atom. The van der Waals surface area contributed by atoms with Crippen LogP contribution in [0.15, 0.2) is 58.9 Å². The summed E-state index contributed by atoms with van der Waals surface area (Å²) in [7, 11) is 0. The first-order chi connectivity index (χ1) is 16.7. The summed E-state index contributed by atoms with van der Waals surface area (Å²) in [5, 5.41) is 11.6. The number of thiazole rings is 1. The van der Waals surface area contributed by atoms with Crippen LogP contribution >= 0.6 is 22.9 Å². The van der Waals surface area contributed by atoms with Crippen molar-refractivity contribution in [3.63, 3.8) is 0 Å².